The van der Waals surface area contributed by atoms with Crippen LogP contribution >= 0.6 is 11.3 Å². The molecule has 0 bridgehead atoms. The number of methoxy groups -OCH3 is 4. The molecule has 0 saturated carbocycles. The zero-order chi connectivity index (χ0) is 22.7. The van der Waals surface area contributed by atoms with Crippen LogP contribution in [-0.2, 0) is 12.8 Å². The van der Waals surface area contributed by atoms with E-state index in [1.54, 1.807) is 34.5 Å². The first-order valence-corrected chi connectivity index (χ1v) is 10.7. The number of rotatable bonds is 8. The lowest BCUT2D eigenvalue weighted by Crippen LogP contribution is -2.24. The molecule has 0 unspecified atom stereocenters. The van der Waals surface area contributed by atoms with Crippen LogP contribution in [0.2, 0.25) is 0 Å². The topological polar surface area (TPSA) is 84.2 Å². The summed E-state index contributed by atoms with van der Waals surface area (Å²) >= 11 is 1.29. The van der Waals surface area contributed by atoms with Gasteiger partial charge in [0.15, 0.2) is 28.8 Å². The van der Waals surface area contributed by atoms with Crippen LogP contribution in [0.15, 0.2) is 41.2 Å². The summed E-state index contributed by atoms with van der Waals surface area (Å²) in [6.07, 6.45) is 3.09. The Morgan fingerprint density at radius 3 is 2.41 bits per heavy atom. The van der Waals surface area contributed by atoms with Gasteiger partial charge in [-0.1, -0.05) is 29.5 Å². The Hall–Kier alpha value is -3.59. The lowest BCUT2D eigenvalue weighted by atomic mass is 10.1. The molecule has 8 nitrogen and oxygen atoms in total. The maximum atomic E-state index is 12.9. The Morgan fingerprint density at radius 2 is 1.72 bits per heavy atom. The molecule has 9 heteroatoms. The number of hydrogen-bond acceptors (Lipinski definition) is 8. The van der Waals surface area contributed by atoms with E-state index in [1.807, 2.05) is 36.4 Å². The first kappa shape index (κ1) is 21.6. The van der Waals surface area contributed by atoms with E-state index >= 15 is 0 Å². The zero-order valence-corrected chi connectivity index (χ0v) is 19.1. The van der Waals surface area contributed by atoms with Crippen LogP contribution in [0.5, 0.6) is 23.0 Å². The number of thiazole rings is 1. The summed E-state index contributed by atoms with van der Waals surface area (Å²) in [5.74, 6) is 3.16. The SMILES string of the molecule is COc1ccc(CCc2nc3s/c(=C\c4cccc(OC)c4OC)c(=O)n3n2)cc1OC. The van der Waals surface area contributed by atoms with Crippen LogP contribution in [0.3, 0.4) is 0 Å². The average Bonchev–Trinajstić information content (AvgIpc) is 3.35. The average molecular weight is 454 g/mol. The largest absolute Gasteiger partial charge is 0.493 e. The maximum absolute atomic E-state index is 12.9. The van der Waals surface area contributed by atoms with Gasteiger partial charge in [-0.05, 0) is 36.3 Å². The van der Waals surface area contributed by atoms with E-state index in [-0.39, 0.29) is 5.56 Å². The summed E-state index contributed by atoms with van der Waals surface area (Å²) in [5, 5.41) is 4.41. The molecule has 166 valence electrons. The molecule has 2 aromatic heterocycles. The molecule has 2 heterocycles. The molecule has 4 rings (SSSR count). The summed E-state index contributed by atoms with van der Waals surface area (Å²) in [4.78, 5) is 18.0. The van der Waals surface area contributed by atoms with Gasteiger partial charge in [-0.2, -0.15) is 4.52 Å². The van der Waals surface area contributed by atoms with Gasteiger partial charge in [0.25, 0.3) is 5.56 Å². The first-order chi connectivity index (χ1) is 15.6. The van der Waals surface area contributed by atoms with Crippen LogP contribution in [0.4, 0.5) is 0 Å². The molecule has 0 aliphatic rings. The Labute approximate surface area is 188 Å². The molecule has 0 aliphatic heterocycles. The van der Waals surface area contributed by atoms with Gasteiger partial charge in [0.1, 0.15) is 0 Å². The molecular formula is C23H23N3O5S. The summed E-state index contributed by atoms with van der Waals surface area (Å²) in [7, 11) is 6.36. The number of aryl methyl sites for hydroxylation is 2. The zero-order valence-electron chi connectivity index (χ0n) is 18.2. The molecule has 0 fully saturated rings. The second kappa shape index (κ2) is 9.27. The van der Waals surface area contributed by atoms with Crippen molar-refractivity contribution >= 4 is 22.4 Å². The number of ether oxygens (including phenoxy) is 4. The molecule has 32 heavy (non-hydrogen) atoms. The third-order valence-corrected chi connectivity index (χ3v) is 5.99. The second-order valence-corrected chi connectivity index (χ2v) is 7.92. The predicted molar refractivity (Wildman–Crippen MR) is 122 cm³/mol. The highest BCUT2D eigenvalue weighted by Gasteiger charge is 2.13. The predicted octanol–water partition coefficient (Wildman–Crippen LogP) is 2.52. The van der Waals surface area contributed by atoms with E-state index in [1.165, 1.54) is 15.9 Å². The van der Waals surface area contributed by atoms with E-state index in [0.717, 1.165) is 11.1 Å². The van der Waals surface area contributed by atoms with Gasteiger partial charge in [0.05, 0.1) is 33.0 Å². The molecule has 0 atom stereocenters. The van der Waals surface area contributed by atoms with E-state index in [2.05, 4.69) is 10.1 Å². The normalized spacial score (nSPS) is 11.7. The molecule has 0 aliphatic carbocycles. The van der Waals surface area contributed by atoms with Gasteiger partial charge in [0, 0.05) is 12.0 Å². The monoisotopic (exact) mass is 453 g/mol. The van der Waals surface area contributed by atoms with E-state index in [9.17, 15) is 4.79 Å². The van der Waals surface area contributed by atoms with Gasteiger partial charge >= 0.3 is 0 Å². The fourth-order valence-corrected chi connectivity index (χ4v) is 4.36. The third kappa shape index (κ3) is 4.11. The molecule has 0 saturated heterocycles. The first-order valence-electron chi connectivity index (χ1n) is 9.90. The number of aromatic nitrogens is 3. The van der Waals surface area contributed by atoms with Gasteiger partial charge in [0.2, 0.25) is 4.96 Å². The number of benzene rings is 2. The highest BCUT2D eigenvalue weighted by molar-refractivity contribution is 7.15. The van der Waals surface area contributed by atoms with Crippen LogP contribution in [0.25, 0.3) is 11.0 Å². The molecule has 2 aromatic carbocycles. The number of fused-ring (bicyclic) bond motifs is 1. The Balaban J connectivity index is 1.59. The highest BCUT2D eigenvalue weighted by atomic mass is 32.1. The fourth-order valence-electron chi connectivity index (χ4n) is 3.44. The Morgan fingerprint density at radius 1 is 0.938 bits per heavy atom. The summed E-state index contributed by atoms with van der Waals surface area (Å²) in [5.41, 5.74) is 1.61. The van der Waals surface area contributed by atoms with Gasteiger partial charge in [-0.15, -0.1) is 5.10 Å². The number of hydrogen-bond donors (Lipinski definition) is 0. The van der Waals surface area contributed by atoms with E-state index in [4.69, 9.17) is 18.9 Å². The van der Waals surface area contributed by atoms with Crippen molar-refractivity contribution in [2.75, 3.05) is 28.4 Å². The van der Waals surface area contributed by atoms with Crippen LogP contribution in [0.1, 0.15) is 17.0 Å². The molecule has 0 radical (unpaired) electrons. The minimum absolute atomic E-state index is 0.209. The van der Waals surface area contributed by atoms with E-state index < -0.39 is 0 Å². The molecular weight excluding hydrogens is 430 g/mol. The third-order valence-electron chi connectivity index (χ3n) is 5.03. The van der Waals surface area contributed by atoms with E-state index in [0.29, 0.717) is 51.2 Å². The van der Waals surface area contributed by atoms with Crippen molar-refractivity contribution in [3.05, 3.63) is 68.2 Å². The van der Waals surface area contributed by atoms with Gasteiger partial charge in [-0.25, -0.2) is 4.98 Å². The standard InChI is InChI=1S/C23H23N3O5S/c1-28-16-10-8-14(12-18(16)30-3)9-11-20-24-23-26(25-20)22(27)19(32-23)13-15-6-5-7-17(29-2)21(15)31-4/h5-8,10,12-13H,9,11H2,1-4H3/b19-13-. The lowest BCUT2D eigenvalue weighted by molar-refractivity contribution is 0.354. The molecule has 4 aromatic rings. The van der Waals surface area contributed by atoms with Gasteiger partial charge in [-0.3, -0.25) is 4.79 Å². The van der Waals surface area contributed by atoms with Crippen LogP contribution < -0.4 is 29.0 Å². The molecule has 0 N–H and O–H groups in total. The fraction of sp³-hybridized carbons (Fsp3) is 0.261. The highest BCUT2D eigenvalue weighted by Crippen LogP contribution is 2.31. The van der Waals surface area contributed by atoms with Crippen molar-refractivity contribution < 1.29 is 18.9 Å². The number of para-hydroxylation sites is 1. The Kier molecular flexibility index (Phi) is 6.27. The van der Waals surface area contributed by atoms with Crippen molar-refractivity contribution in [1.82, 2.24) is 14.6 Å². The summed E-state index contributed by atoms with van der Waals surface area (Å²) in [6.45, 7) is 0. The number of nitrogens with zero attached hydrogens (tertiary/aromatic N) is 3. The Bertz CT molecular complexity index is 1360. The van der Waals surface area contributed by atoms with Crippen molar-refractivity contribution in [3.63, 3.8) is 0 Å². The lowest BCUT2D eigenvalue weighted by Gasteiger charge is -2.09. The van der Waals surface area contributed by atoms with Crippen molar-refractivity contribution in [2.24, 2.45) is 0 Å². The summed E-state index contributed by atoms with van der Waals surface area (Å²) < 4.78 is 23.3. The smallest absolute Gasteiger partial charge is 0.291 e. The van der Waals surface area contributed by atoms with Crippen LogP contribution in [-0.4, -0.2) is 43.0 Å². The molecule has 0 spiro atoms. The van der Waals surface area contributed by atoms with Crippen molar-refractivity contribution in [3.8, 4) is 23.0 Å². The molecule has 0 amide bonds. The van der Waals surface area contributed by atoms with Crippen LogP contribution in [0, 0.1) is 0 Å². The minimum Gasteiger partial charge on any atom is -0.493 e. The maximum Gasteiger partial charge on any atom is 0.291 e. The summed E-state index contributed by atoms with van der Waals surface area (Å²) in [6, 6.07) is 11.3. The van der Waals surface area contributed by atoms with Gasteiger partial charge < -0.3 is 18.9 Å². The minimum atomic E-state index is -0.209. The quantitative estimate of drug-likeness (QED) is 0.405. The van der Waals surface area contributed by atoms with Crippen molar-refractivity contribution in [2.45, 2.75) is 12.8 Å². The second-order valence-electron chi connectivity index (χ2n) is 6.91. The van der Waals surface area contributed by atoms with Crippen molar-refractivity contribution in [1.29, 1.82) is 0 Å².